The molecule has 24 heavy (non-hydrogen) atoms. The lowest BCUT2D eigenvalue weighted by Gasteiger charge is -2.39. The number of hydrogen-bond acceptors (Lipinski definition) is 3. The van der Waals surface area contributed by atoms with Crippen molar-refractivity contribution in [3.05, 3.63) is 35.9 Å². The fraction of sp³-hybridized carbons (Fsp3) is 0.647. The molecule has 1 aromatic carbocycles. The molecule has 0 fully saturated rings. The van der Waals surface area contributed by atoms with Crippen LogP contribution < -0.4 is 0 Å². The highest BCUT2D eigenvalue weighted by Gasteiger charge is 2.44. The van der Waals surface area contributed by atoms with Gasteiger partial charge in [-0.05, 0) is 64.1 Å². The predicted octanol–water partition coefficient (Wildman–Crippen LogP) is 5.96. The third-order valence-corrected chi connectivity index (χ3v) is 14.1. The van der Waals surface area contributed by atoms with E-state index in [-0.39, 0.29) is 6.10 Å². The molecular weight excluding hydrogens is 372 g/mol. The Morgan fingerprint density at radius 2 is 1.46 bits per heavy atom. The van der Waals surface area contributed by atoms with Crippen molar-refractivity contribution in [2.24, 2.45) is 0 Å². The van der Waals surface area contributed by atoms with Crippen LogP contribution in [-0.4, -0.2) is 30.9 Å². The first kappa shape index (κ1) is 22.1. The molecule has 0 aromatic heterocycles. The minimum absolute atomic E-state index is 0.135. The van der Waals surface area contributed by atoms with Crippen LogP contribution in [0.5, 0.6) is 0 Å². The SMILES string of the molecule is CC(C)O[Si](C)(CC(C)c1ccccc1)O[Si](C)(C)O[Si](C)(C)Cl. The summed E-state index contributed by atoms with van der Waals surface area (Å²) in [6, 6.07) is 11.5. The second-order valence-electron chi connectivity index (χ2n) is 7.78. The standard InChI is InChI=1S/C17H33ClO3Si3/c1-15(2)19-24(8,21-23(6,7)20-22(4,5)18)14-16(3)17-12-10-9-11-13-17/h9-13,15-16H,14H2,1-8H3. The van der Waals surface area contributed by atoms with Crippen molar-refractivity contribution in [3.63, 3.8) is 0 Å². The van der Waals surface area contributed by atoms with Gasteiger partial charge in [-0.3, -0.25) is 0 Å². The van der Waals surface area contributed by atoms with E-state index in [4.69, 9.17) is 23.7 Å². The molecule has 0 heterocycles. The molecule has 0 saturated heterocycles. The van der Waals surface area contributed by atoms with Crippen LogP contribution in [0.1, 0.15) is 32.3 Å². The second-order valence-corrected chi connectivity index (χ2v) is 20.6. The van der Waals surface area contributed by atoms with Crippen LogP contribution in [0.4, 0.5) is 0 Å². The Bertz CT molecular complexity index is 506. The Morgan fingerprint density at radius 3 is 1.92 bits per heavy atom. The van der Waals surface area contributed by atoms with Crippen LogP contribution in [0.15, 0.2) is 30.3 Å². The monoisotopic (exact) mass is 404 g/mol. The molecule has 0 N–H and O–H groups in total. The van der Waals surface area contributed by atoms with Crippen molar-refractivity contribution < 1.29 is 12.7 Å². The zero-order valence-corrected chi connectivity index (χ0v) is 20.1. The molecule has 0 aliphatic heterocycles. The van der Waals surface area contributed by atoms with Crippen molar-refractivity contribution in [3.8, 4) is 0 Å². The third kappa shape index (κ3) is 8.42. The average Bonchev–Trinajstić information content (AvgIpc) is 2.34. The summed E-state index contributed by atoms with van der Waals surface area (Å²) in [5.74, 6) is 0.382. The van der Waals surface area contributed by atoms with E-state index in [1.165, 1.54) is 5.56 Å². The molecule has 2 atom stereocenters. The van der Waals surface area contributed by atoms with Crippen LogP contribution in [0.25, 0.3) is 0 Å². The third-order valence-electron chi connectivity index (χ3n) is 3.48. The molecule has 0 aliphatic rings. The van der Waals surface area contributed by atoms with Crippen molar-refractivity contribution >= 4 is 35.8 Å². The highest BCUT2D eigenvalue weighted by molar-refractivity contribution is 7.17. The minimum atomic E-state index is -2.39. The largest absolute Gasteiger partial charge is 0.425 e. The summed E-state index contributed by atoms with van der Waals surface area (Å²) >= 11 is 6.40. The molecule has 2 unspecified atom stereocenters. The van der Waals surface area contributed by atoms with Gasteiger partial charge >= 0.3 is 17.1 Å². The van der Waals surface area contributed by atoms with E-state index >= 15 is 0 Å². The topological polar surface area (TPSA) is 27.7 Å². The summed E-state index contributed by atoms with van der Waals surface area (Å²) in [4.78, 5) is 0. The molecule has 0 saturated carbocycles. The second kappa shape index (κ2) is 8.62. The maximum Gasteiger partial charge on any atom is 0.326 e. The van der Waals surface area contributed by atoms with Crippen LogP contribution in [0.2, 0.25) is 38.8 Å². The zero-order chi connectivity index (χ0) is 18.6. The summed E-state index contributed by atoms with van der Waals surface area (Å²) < 4.78 is 19.1. The molecule has 1 rings (SSSR count). The van der Waals surface area contributed by atoms with Gasteiger partial charge < -0.3 is 12.7 Å². The lowest BCUT2D eigenvalue weighted by Crippen LogP contribution is -2.54. The smallest absolute Gasteiger partial charge is 0.326 e. The fourth-order valence-electron chi connectivity index (χ4n) is 3.19. The Balaban J connectivity index is 2.93. The van der Waals surface area contributed by atoms with Crippen molar-refractivity contribution in [1.29, 1.82) is 0 Å². The van der Waals surface area contributed by atoms with Crippen LogP contribution in [0, 0.1) is 0 Å². The van der Waals surface area contributed by atoms with Gasteiger partial charge in [0.05, 0.1) is 0 Å². The minimum Gasteiger partial charge on any atom is -0.425 e. The van der Waals surface area contributed by atoms with Crippen LogP contribution >= 0.6 is 11.1 Å². The first-order chi connectivity index (χ1) is 10.8. The van der Waals surface area contributed by atoms with Gasteiger partial charge in [-0.2, -0.15) is 0 Å². The molecule has 1 aromatic rings. The van der Waals surface area contributed by atoms with E-state index in [2.05, 4.69) is 64.7 Å². The first-order valence-corrected chi connectivity index (χ1v) is 17.9. The molecule has 0 amide bonds. The molecule has 0 aliphatic carbocycles. The Morgan fingerprint density at radius 1 is 0.917 bits per heavy atom. The van der Waals surface area contributed by atoms with E-state index in [0.717, 1.165) is 6.04 Å². The zero-order valence-electron chi connectivity index (χ0n) is 16.4. The molecule has 0 spiro atoms. The predicted molar refractivity (Wildman–Crippen MR) is 110 cm³/mol. The Kier molecular flexibility index (Phi) is 7.93. The van der Waals surface area contributed by atoms with E-state index in [9.17, 15) is 0 Å². The van der Waals surface area contributed by atoms with E-state index in [0.29, 0.717) is 5.92 Å². The summed E-state index contributed by atoms with van der Waals surface area (Å²) in [6.07, 6.45) is 0.135. The molecule has 7 heteroatoms. The van der Waals surface area contributed by atoms with Gasteiger partial charge in [0.2, 0.25) is 0 Å². The normalized spacial score (nSPS) is 16.9. The summed E-state index contributed by atoms with van der Waals surface area (Å²) in [7, 11) is -6.90. The highest BCUT2D eigenvalue weighted by atomic mass is 35.6. The van der Waals surface area contributed by atoms with Gasteiger partial charge in [0.25, 0.3) is 7.63 Å². The fourth-order valence-corrected chi connectivity index (χ4v) is 17.2. The van der Waals surface area contributed by atoms with Crippen molar-refractivity contribution in [2.45, 2.75) is 71.6 Å². The lowest BCUT2D eigenvalue weighted by molar-refractivity contribution is 0.172. The average molecular weight is 405 g/mol. The van der Waals surface area contributed by atoms with Gasteiger partial charge in [-0.25, -0.2) is 0 Å². The maximum absolute atomic E-state index is 6.59. The maximum atomic E-state index is 6.59. The van der Waals surface area contributed by atoms with Gasteiger partial charge in [-0.15, -0.1) is 11.1 Å². The number of benzene rings is 1. The molecular formula is C17H33ClO3Si3. The number of hydrogen-bond donors (Lipinski definition) is 0. The van der Waals surface area contributed by atoms with E-state index < -0.39 is 24.7 Å². The van der Waals surface area contributed by atoms with Gasteiger partial charge in [0, 0.05) is 6.10 Å². The summed E-state index contributed by atoms with van der Waals surface area (Å²) in [5, 5.41) is 0. The quantitative estimate of drug-likeness (QED) is 0.375. The number of rotatable bonds is 9. The molecule has 0 radical (unpaired) electrons. The molecule has 0 bridgehead atoms. The van der Waals surface area contributed by atoms with Crippen molar-refractivity contribution in [2.75, 3.05) is 0 Å². The van der Waals surface area contributed by atoms with E-state index in [1.54, 1.807) is 0 Å². The number of halogens is 1. The summed E-state index contributed by atoms with van der Waals surface area (Å²) in [5.41, 5.74) is 1.32. The molecule has 138 valence electrons. The Hall–Kier alpha value is 0.0406. The van der Waals surface area contributed by atoms with Crippen molar-refractivity contribution in [1.82, 2.24) is 0 Å². The van der Waals surface area contributed by atoms with E-state index in [1.807, 2.05) is 19.2 Å². The van der Waals surface area contributed by atoms with Gasteiger partial charge in [-0.1, -0.05) is 37.3 Å². The Labute approximate surface area is 156 Å². The highest BCUT2D eigenvalue weighted by Crippen LogP contribution is 2.32. The van der Waals surface area contributed by atoms with Gasteiger partial charge in [0.15, 0.2) is 0 Å². The van der Waals surface area contributed by atoms with Crippen LogP contribution in [0.3, 0.4) is 0 Å². The summed E-state index contributed by atoms with van der Waals surface area (Å²) in [6.45, 7) is 16.7. The lowest BCUT2D eigenvalue weighted by atomic mass is 10.0. The molecule has 3 nitrogen and oxygen atoms in total. The van der Waals surface area contributed by atoms with Crippen LogP contribution in [-0.2, 0) is 12.7 Å². The van der Waals surface area contributed by atoms with Gasteiger partial charge in [0.1, 0.15) is 0 Å². The first-order valence-electron chi connectivity index (χ1n) is 8.64.